The predicted octanol–water partition coefficient (Wildman–Crippen LogP) is 4.90. The van der Waals surface area contributed by atoms with Crippen LogP contribution in [0, 0.1) is 11.7 Å². The predicted molar refractivity (Wildman–Crippen MR) is 143 cm³/mol. The Morgan fingerprint density at radius 1 is 1.03 bits per heavy atom. The smallest absolute Gasteiger partial charge is 0.232 e. The molecule has 0 amide bonds. The second kappa shape index (κ2) is 10.6. The van der Waals surface area contributed by atoms with Crippen molar-refractivity contribution in [2.75, 3.05) is 34.8 Å². The summed E-state index contributed by atoms with van der Waals surface area (Å²) in [6, 6.07) is 17.1. The van der Waals surface area contributed by atoms with Crippen LogP contribution in [0.15, 0.2) is 54.6 Å². The summed E-state index contributed by atoms with van der Waals surface area (Å²) in [6.45, 7) is 6.52. The van der Waals surface area contributed by atoms with E-state index in [4.69, 9.17) is 22.2 Å². The van der Waals surface area contributed by atoms with Gasteiger partial charge in [-0.3, -0.25) is 0 Å². The fraction of sp³-hybridized carbons (Fsp3) is 0.370. The third-order valence-electron chi connectivity index (χ3n) is 6.73. The number of halogens is 1. The van der Waals surface area contributed by atoms with Gasteiger partial charge < -0.3 is 20.4 Å². The summed E-state index contributed by atoms with van der Waals surface area (Å²) in [5.41, 5.74) is 3.70. The van der Waals surface area contributed by atoms with E-state index < -0.39 is 0 Å². The SMILES string of the molecule is C[C@H]1CCCN(c2cc(N3CCc4ccccc4C3)nc(NC(=S)NCc3ccc(F)cc3)n2)C1. The minimum absolute atomic E-state index is 0.250. The first-order valence-electron chi connectivity index (χ1n) is 12.3. The molecule has 2 N–H and O–H groups in total. The zero-order valence-electron chi connectivity index (χ0n) is 20.0. The molecule has 1 aromatic heterocycles. The van der Waals surface area contributed by atoms with Crippen LogP contribution >= 0.6 is 12.2 Å². The van der Waals surface area contributed by atoms with E-state index in [1.165, 1.54) is 29.7 Å². The van der Waals surface area contributed by atoms with Crippen LogP contribution in [0.4, 0.5) is 22.0 Å². The van der Waals surface area contributed by atoms with E-state index in [1.807, 2.05) is 0 Å². The third-order valence-corrected chi connectivity index (χ3v) is 6.97. The van der Waals surface area contributed by atoms with Crippen LogP contribution in [0.3, 0.4) is 0 Å². The molecule has 2 aromatic carbocycles. The Morgan fingerprint density at radius 2 is 1.77 bits per heavy atom. The molecule has 8 heteroatoms. The molecule has 2 aliphatic rings. The summed E-state index contributed by atoms with van der Waals surface area (Å²) >= 11 is 5.53. The highest BCUT2D eigenvalue weighted by molar-refractivity contribution is 7.80. The molecule has 0 unspecified atom stereocenters. The van der Waals surface area contributed by atoms with Crippen molar-refractivity contribution in [2.24, 2.45) is 5.92 Å². The fourth-order valence-corrected chi connectivity index (χ4v) is 4.98. The van der Waals surface area contributed by atoms with E-state index >= 15 is 0 Å². The van der Waals surface area contributed by atoms with E-state index in [0.29, 0.717) is 23.5 Å². The molecule has 182 valence electrons. The standard InChI is InChI=1S/C27H31FN6S/c1-19-5-4-13-33(17-19)24-15-25(34-14-12-21-6-2-3-7-22(21)18-34)31-26(30-24)32-27(35)29-16-20-8-10-23(28)11-9-20/h2-3,6-11,15,19H,4-5,12-14,16-18H2,1H3,(H2,29,30,31,32,35)/t19-/m0/s1. The van der Waals surface area contributed by atoms with Gasteiger partial charge in [-0.05, 0) is 66.2 Å². The number of fused-ring (bicyclic) bond motifs is 1. The van der Waals surface area contributed by atoms with E-state index in [9.17, 15) is 4.39 Å². The maximum Gasteiger partial charge on any atom is 0.232 e. The Hall–Kier alpha value is -3.26. The molecule has 0 radical (unpaired) electrons. The Bertz CT molecular complexity index is 1180. The molecular weight excluding hydrogens is 459 g/mol. The van der Waals surface area contributed by atoms with Crippen LogP contribution in [0.5, 0.6) is 0 Å². The first kappa shape index (κ1) is 23.5. The van der Waals surface area contributed by atoms with Gasteiger partial charge >= 0.3 is 0 Å². The molecule has 3 aromatic rings. The van der Waals surface area contributed by atoms with Crippen molar-refractivity contribution in [3.05, 3.63) is 77.1 Å². The highest BCUT2D eigenvalue weighted by atomic mass is 32.1. The van der Waals surface area contributed by atoms with Gasteiger partial charge in [-0.2, -0.15) is 9.97 Å². The van der Waals surface area contributed by atoms with Gasteiger partial charge in [0.25, 0.3) is 0 Å². The lowest BCUT2D eigenvalue weighted by Crippen LogP contribution is -2.36. The number of aromatic nitrogens is 2. The van der Waals surface area contributed by atoms with E-state index in [2.05, 4.69) is 57.7 Å². The van der Waals surface area contributed by atoms with Crippen molar-refractivity contribution in [3.8, 4) is 0 Å². The van der Waals surface area contributed by atoms with Gasteiger partial charge in [-0.15, -0.1) is 0 Å². The number of thiocarbonyl (C=S) groups is 1. The van der Waals surface area contributed by atoms with Gasteiger partial charge in [-0.1, -0.05) is 43.3 Å². The van der Waals surface area contributed by atoms with Gasteiger partial charge in [0.2, 0.25) is 5.95 Å². The van der Waals surface area contributed by atoms with Crippen molar-refractivity contribution in [1.29, 1.82) is 0 Å². The summed E-state index contributed by atoms with van der Waals surface area (Å²) in [4.78, 5) is 14.4. The Labute approximate surface area is 211 Å². The molecule has 3 heterocycles. The van der Waals surface area contributed by atoms with Crippen molar-refractivity contribution >= 4 is 34.9 Å². The highest BCUT2D eigenvalue weighted by Gasteiger charge is 2.23. The van der Waals surface area contributed by atoms with Gasteiger partial charge in [0.15, 0.2) is 5.11 Å². The van der Waals surface area contributed by atoms with Crippen molar-refractivity contribution in [3.63, 3.8) is 0 Å². The van der Waals surface area contributed by atoms with Gasteiger partial charge in [0.05, 0.1) is 0 Å². The third kappa shape index (κ3) is 5.88. The number of piperidine rings is 1. The lowest BCUT2D eigenvalue weighted by Gasteiger charge is -2.34. The van der Waals surface area contributed by atoms with Crippen molar-refractivity contribution in [1.82, 2.24) is 15.3 Å². The summed E-state index contributed by atoms with van der Waals surface area (Å²) in [7, 11) is 0. The van der Waals surface area contributed by atoms with E-state index in [0.717, 1.165) is 56.2 Å². The summed E-state index contributed by atoms with van der Waals surface area (Å²) in [5, 5.41) is 6.80. The molecule has 1 fully saturated rings. The first-order valence-corrected chi connectivity index (χ1v) is 12.7. The summed E-state index contributed by atoms with van der Waals surface area (Å²) < 4.78 is 13.2. The molecule has 2 aliphatic heterocycles. The normalized spacial score (nSPS) is 17.6. The van der Waals surface area contributed by atoms with E-state index in [-0.39, 0.29) is 5.82 Å². The molecule has 35 heavy (non-hydrogen) atoms. The molecular formula is C27H31FN6S. The number of benzene rings is 2. The molecule has 1 atom stereocenters. The minimum atomic E-state index is -0.250. The van der Waals surface area contributed by atoms with Gasteiger partial charge in [-0.25, -0.2) is 4.39 Å². The molecule has 0 aliphatic carbocycles. The van der Waals surface area contributed by atoms with Crippen LogP contribution in [0.25, 0.3) is 0 Å². The monoisotopic (exact) mass is 490 g/mol. The van der Waals surface area contributed by atoms with Crippen LogP contribution in [0.1, 0.15) is 36.5 Å². The Morgan fingerprint density at radius 3 is 2.54 bits per heavy atom. The number of hydrogen-bond donors (Lipinski definition) is 2. The summed E-state index contributed by atoms with van der Waals surface area (Å²) in [5.74, 6) is 2.72. The Kier molecular flexibility index (Phi) is 7.08. The molecule has 0 spiro atoms. The van der Waals surface area contributed by atoms with Crippen LogP contribution in [-0.4, -0.2) is 34.7 Å². The largest absolute Gasteiger partial charge is 0.358 e. The average molecular weight is 491 g/mol. The molecule has 0 saturated carbocycles. The lowest BCUT2D eigenvalue weighted by molar-refractivity contribution is 0.444. The zero-order valence-corrected chi connectivity index (χ0v) is 20.8. The van der Waals surface area contributed by atoms with Crippen LogP contribution in [-0.2, 0) is 19.5 Å². The number of rotatable bonds is 5. The second-order valence-electron chi connectivity index (χ2n) is 9.48. The quantitative estimate of drug-likeness (QED) is 0.493. The van der Waals surface area contributed by atoms with Crippen LogP contribution < -0.4 is 20.4 Å². The van der Waals surface area contributed by atoms with Crippen LogP contribution in [0.2, 0.25) is 0 Å². The topological polar surface area (TPSA) is 56.3 Å². The molecule has 6 nitrogen and oxygen atoms in total. The number of anilines is 3. The average Bonchev–Trinajstić information content (AvgIpc) is 2.88. The molecule has 0 bridgehead atoms. The zero-order chi connectivity index (χ0) is 24.2. The minimum Gasteiger partial charge on any atom is -0.358 e. The van der Waals surface area contributed by atoms with E-state index in [1.54, 1.807) is 12.1 Å². The summed E-state index contributed by atoms with van der Waals surface area (Å²) in [6.07, 6.45) is 3.41. The first-order chi connectivity index (χ1) is 17.0. The maximum absolute atomic E-state index is 13.2. The van der Waals surface area contributed by atoms with Crippen molar-refractivity contribution in [2.45, 2.75) is 39.3 Å². The number of hydrogen-bond acceptors (Lipinski definition) is 5. The molecule has 5 rings (SSSR count). The second-order valence-corrected chi connectivity index (χ2v) is 9.88. The fourth-order valence-electron chi connectivity index (χ4n) is 4.82. The lowest BCUT2D eigenvalue weighted by atomic mass is 10.00. The Balaban J connectivity index is 1.35. The highest BCUT2D eigenvalue weighted by Crippen LogP contribution is 2.29. The van der Waals surface area contributed by atoms with Gasteiger partial charge in [0, 0.05) is 38.8 Å². The van der Waals surface area contributed by atoms with Crippen molar-refractivity contribution < 1.29 is 4.39 Å². The van der Waals surface area contributed by atoms with Gasteiger partial charge in [0.1, 0.15) is 17.5 Å². The number of nitrogens with zero attached hydrogens (tertiary/aromatic N) is 4. The number of nitrogens with one attached hydrogen (secondary N) is 2. The molecule has 1 saturated heterocycles. The maximum atomic E-state index is 13.2.